The molecule has 0 fully saturated rings. The van der Waals surface area contributed by atoms with Crippen molar-refractivity contribution >= 4 is 57.2 Å². The van der Waals surface area contributed by atoms with E-state index < -0.39 is 19.4 Å². The van der Waals surface area contributed by atoms with Gasteiger partial charge in [0.25, 0.3) is 0 Å². The minimum absolute atomic E-state index is 0. The van der Waals surface area contributed by atoms with Gasteiger partial charge in [0, 0.05) is 0 Å². The third-order valence-corrected chi connectivity index (χ3v) is 0. The van der Waals surface area contributed by atoms with Gasteiger partial charge in [0.2, 0.25) is 0 Å². The molecule has 0 atom stereocenters. The molecule has 0 rings (SSSR count). The van der Waals surface area contributed by atoms with Crippen molar-refractivity contribution in [2.75, 3.05) is 0 Å². The Morgan fingerprint density at radius 2 is 1.00 bits per heavy atom. The van der Waals surface area contributed by atoms with Crippen molar-refractivity contribution in [2.45, 2.75) is 0 Å². The van der Waals surface area contributed by atoms with Gasteiger partial charge in [-0.05, 0) is 0 Å². The molecule has 0 radical (unpaired) electrons. The van der Waals surface area contributed by atoms with Gasteiger partial charge in [-0.2, -0.15) is 8.42 Å². The summed E-state index contributed by atoms with van der Waals surface area (Å²) in [5, 5.41) is 0. The molecule has 0 spiro atoms. The molecule has 0 amide bonds. The number of hydrogen-bond donors (Lipinski definition) is 6. The third kappa shape index (κ3) is 670. The molecular weight excluding hydrogens is 228 g/mol. The van der Waals surface area contributed by atoms with Crippen LogP contribution in [0, 0.1) is 0 Å². The first kappa shape index (κ1) is 18.1. The molecule has 0 heterocycles. The second kappa shape index (κ2) is 6.68. The summed E-state index contributed by atoms with van der Waals surface area (Å²) in [4.78, 5) is 29.3. The zero-order valence-electron chi connectivity index (χ0n) is 7.12. The minimum Gasteiger partial charge on any atom is -1.00 e. The van der Waals surface area contributed by atoms with Crippen LogP contribution >= 0.6 is 0 Å². The Morgan fingerprint density at radius 1 is 1.00 bits per heavy atom. The van der Waals surface area contributed by atoms with Crippen LogP contribution in [0.15, 0.2) is 0 Å². The van der Waals surface area contributed by atoms with Crippen molar-refractivity contribution < 1.29 is 39.6 Å². The monoisotopic (exact) mass is 236 g/mol. The van der Waals surface area contributed by atoms with Gasteiger partial charge in [0.1, 0.15) is 0 Å². The summed E-state index contributed by atoms with van der Waals surface area (Å²) in [5.41, 5.74) is 0. The predicted octanol–water partition coefficient (Wildman–Crippen LogP) is -3.42. The van der Waals surface area contributed by atoms with Gasteiger partial charge in [-0.3, -0.25) is 9.11 Å². The first-order valence-electron chi connectivity index (χ1n) is 1.59. The van der Waals surface area contributed by atoms with Gasteiger partial charge >= 0.3 is 57.2 Å². The molecule has 0 aromatic rings. The first-order valence-corrected chi connectivity index (χ1v) is 4.78. The average molecular weight is 236 g/mol. The van der Waals surface area contributed by atoms with Gasteiger partial charge in [-0.25, -0.2) is 0 Å². The molecule has 0 aromatic heterocycles. The summed E-state index contributed by atoms with van der Waals surface area (Å²) in [5.74, 6) is 0. The van der Waals surface area contributed by atoms with E-state index in [-0.39, 0.29) is 40.6 Å². The van der Waals surface area contributed by atoms with Crippen molar-refractivity contribution in [2.24, 2.45) is 0 Å². The molecule has 0 aliphatic rings. The Hall–Kier alpha value is 1.19. The van der Waals surface area contributed by atoms with Gasteiger partial charge in [-0.1, -0.05) is 0 Å². The molecule has 68 valence electrons. The van der Waals surface area contributed by atoms with Crippen molar-refractivity contribution in [1.29, 1.82) is 0 Å². The molecule has 0 unspecified atom stereocenters. The zero-order valence-corrected chi connectivity index (χ0v) is 9.14. The van der Waals surface area contributed by atoms with Crippen LogP contribution in [0.3, 0.4) is 0 Å². The normalized spacial score (nSPS) is 10.7. The largest absolute Gasteiger partial charge is 2.00 e. The maximum atomic E-state index is 8.74. The fraction of sp³-hybridized carbons (Fsp3) is 0. The second-order valence-corrected chi connectivity index (χ2v) is 3.14. The molecule has 11 heteroatoms. The Morgan fingerprint density at radius 3 is 1.00 bits per heavy atom. The first-order chi connectivity index (χ1) is 4.00. The van der Waals surface area contributed by atoms with Crippen molar-refractivity contribution in [3.05, 3.63) is 0 Å². The molecule has 0 bridgehead atoms. The smallest absolute Gasteiger partial charge is 1.00 e. The van der Waals surface area contributed by atoms with E-state index in [0.717, 1.165) is 0 Å². The molecule has 0 aliphatic heterocycles. The van der Waals surface area contributed by atoms with Crippen LogP contribution in [0.1, 0.15) is 2.85 Å². The quantitative estimate of drug-likeness (QED) is 0.187. The predicted molar refractivity (Wildman–Crippen MR) is 36.8 cm³/mol. The van der Waals surface area contributed by atoms with Crippen molar-refractivity contribution in [3.63, 3.8) is 0 Å². The number of hydrogen-bond acceptors (Lipinski definition) is 6. The third-order valence-electron chi connectivity index (χ3n) is 0. The summed E-state index contributed by atoms with van der Waals surface area (Å²) in [7, 11) is -9.28. The van der Waals surface area contributed by atoms with Crippen LogP contribution in [0.25, 0.3) is 0 Å². The molecule has 8 nitrogen and oxygen atoms in total. The van der Waals surface area contributed by atoms with Gasteiger partial charge in [0.15, 0.2) is 0 Å². The average Bonchev–Trinajstić information content (AvgIpc) is 1.12. The van der Waals surface area contributed by atoms with E-state index in [0.29, 0.717) is 0 Å². The zero-order chi connectivity index (χ0) is 9.00. The second-order valence-electron chi connectivity index (χ2n) is 1.05. The van der Waals surface area contributed by atoms with Crippen LogP contribution in [0.5, 0.6) is 0 Å². The fourth-order valence-electron chi connectivity index (χ4n) is 0. The molecular formula is H8CaO8SSi. The Balaban J connectivity index is -0.0000000267. The molecule has 0 aliphatic carbocycles. The maximum absolute atomic E-state index is 8.74. The standard InChI is InChI=1S/Ca.H2O4S.H4O4Si.2H/c;2*1-5(2,3)4;;/h;(H2,1,2,3,4);1-4H;;/q+2;;;2*-1. The summed E-state index contributed by atoms with van der Waals surface area (Å²) in [6.45, 7) is 0. The van der Waals surface area contributed by atoms with Gasteiger partial charge < -0.3 is 22.0 Å². The fourth-order valence-corrected chi connectivity index (χ4v) is 0. The summed E-state index contributed by atoms with van der Waals surface area (Å²) >= 11 is 0. The summed E-state index contributed by atoms with van der Waals surface area (Å²) in [6, 6.07) is 0. The van der Waals surface area contributed by atoms with E-state index in [9.17, 15) is 0 Å². The maximum Gasteiger partial charge on any atom is 2.00 e. The van der Waals surface area contributed by atoms with Crippen LogP contribution in [-0.2, 0) is 10.4 Å². The Bertz CT molecular complexity index is 157. The molecule has 6 N–H and O–H groups in total. The van der Waals surface area contributed by atoms with E-state index in [1.807, 2.05) is 0 Å². The Kier molecular flexibility index (Phi) is 11.0. The minimum atomic E-state index is -4.67. The summed E-state index contributed by atoms with van der Waals surface area (Å²) < 4.78 is 31.6. The molecule has 11 heavy (non-hydrogen) atoms. The SMILES string of the molecule is O=S(=O)(O)O.O[Si](O)(O)O.[Ca+2].[H-].[H-]. The van der Waals surface area contributed by atoms with Gasteiger partial charge in [0.05, 0.1) is 0 Å². The van der Waals surface area contributed by atoms with E-state index in [1.165, 1.54) is 0 Å². The van der Waals surface area contributed by atoms with Crippen LogP contribution in [-0.4, -0.2) is 83.5 Å². The van der Waals surface area contributed by atoms with E-state index in [2.05, 4.69) is 0 Å². The van der Waals surface area contributed by atoms with Crippen LogP contribution in [0.2, 0.25) is 0 Å². The van der Waals surface area contributed by atoms with E-state index in [4.69, 9.17) is 36.7 Å². The Labute approximate surface area is 96.1 Å². The van der Waals surface area contributed by atoms with Crippen LogP contribution in [0.4, 0.5) is 0 Å². The number of rotatable bonds is 0. The molecule has 0 aromatic carbocycles. The van der Waals surface area contributed by atoms with Crippen molar-refractivity contribution in [3.8, 4) is 0 Å². The topological polar surface area (TPSA) is 156 Å². The van der Waals surface area contributed by atoms with E-state index >= 15 is 0 Å². The van der Waals surface area contributed by atoms with E-state index in [1.54, 1.807) is 0 Å². The van der Waals surface area contributed by atoms with Crippen molar-refractivity contribution in [1.82, 2.24) is 0 Å². The molecule has 0 saturated heterocycles. The van der Waals surface area contributed by atoms with Crippen LogP contribution < -0.4 is 0 Å². The molecule has 0 saturated carbocycles. The van der Waals surface area contributed by atoms with Gasteiger partial charge in [-0.15, -0.1) is 0 Å². The summed E-state index contributed by atoms with van der Waals surface area (Å²) in [6.07, 6.45) is 0.